The number of anilines is 1. The van der Waals surface area contributed by atoms with Crippen LogP contribution >= 0.6 is 0 Å². The van der Waals surface area contributed by atoms with E-state index in [1.54, 1.807) is 0 Å². The molecule has 1 N–H and O–H groups in total. The lowest BCUT2D eigenvalue weighted by molar-refractivity contribution is -0.118. The number of nitrogens with one attached hydrogen (secondary N) is 1. The number of oxazole rings is 1. The lowest BCUT2D eigenvalue weighted by Crippen LogP contribution is -2.17. The van der Waals surface area contributed by atoms with E-state index in [4.69, 9.17) is 4.42 Å². The van der Waals surface area contributed by atoms with Crippen LogP contribution in [0.25, 0.3) is 11.5 Å². The minimum absolute atomic E-state index is 0.0714. The molecule has 1 aromatic heterocycles. The molecule has 4 nitrogen and oxygen atoms in total. The highest BCUT2D eigenvalue weighted by Gasteiger charge is 2.11. The molecule has 0 aliphatic heterocycles. The normalized spacial score (nSPS) is 10.5. The Kier molecular flexibility index (Phi) is 3.23. The molecule has 17 heavy (non-hydrogen) atoms. The first-order valence-electron chi connectivity index (χ1n) is 5.48. The molecule has 0 aliphatic carbocycles. The van der Waals surface area contributed by atoms with Gasteiger partial charge in [-0.2, -0.15) is 4.98 Å². The van der Waals surface area contributed by atoms with Crippen molar-refractivity contribution in [3.63, 3.8) is 0 Å². The van der Waals surface area contributed by atoms with E-state index in [-0.39, 0.29) is 11.8 Å². The van der Waals surface area contributed by atoms with E-state index in [9.17, 15) is 4.79 Å². The van der Waals surface area contributed by atoms with Gasteiger partial charge in [-0.1, -0.05) is 32.0 Å². The molecular formula is C13H14N2O2. The lowest BCUT2D eigenvalue weighted by Gasteiger charge is -2.02. The van der Waals surface area contributed by atoms with Crippen LogP contribution in [0.1, 0.15) is 13.8 Å². The summed E-state index contributed by atoms with van der Waals surface area (Å²) in [5, 5.41) is 2.69. The fourth-order valence-corrected chi connectivity index (χ4v) is 1.32. The summed E-state index contributed by atoms with van der Waals surface area (Å²) in [5.41, 5.74) is 0.887. The van der Waals surface area contributed by atoms with E-state index >= 15 is 0 Å². The number of nitrogens with zero attached hydrogens (tertiary/aromatic N) is 1. The monoisotopic (exact) mass is 230 g/mol. The molecule has 0 fully saturated rings. The number of aromatic nitrogens is 1. The standard InChI is InChI=1S/C13H14N2O2/c1-9(2)12(16)14-11-8-17-13(15-11)10-6-4-3-5-7-10/h3-9H,1-2H3,(H,14,16). The van der Waals surface area contributed by atoms with Crippen LogP contribution in [0, 0.1) is 5.92 Å². The quantitative estimate of drug-likeness (QED) is 0.881. The van der Waals surface area contributed by atoms with Crippen molar-refractivity contribution in [3.8, 4) is 11.5 Å². The molecule has 0 aliphatic rings. The Morgan fingerprint density at radius 3 is 2.65 bits per heavy atom. The second-order valence-electron chi connectivity index (χ2n) is 4.05. The molecule has 0 unspecified atom stereocenters. The molecular weight excluding hydrogens is 216 g/mol. The summed E-state index contributed by atoms with van der Waals surface area (Å²) >= 11 is 0. The zero-order valence-electron chi connectivity index (χ0n) is 9.81. The molecule has 4 heteroatoms. The van der Waals surface area contributed by atoms with Crippen LogP contribution in [-0.2, 0) is 4.79 Å². The number of carbonyl (C=O) groups excluding carboxylic acids is 1. The molecule has 0 spiro atoms. The number of amides is 1. The van der Waals surface area contributed by atoms with Crippen molar-refractivity contribution in [2.75, 3.05) is 5.32 Å². The molecule has 0 radical (unpaired) electrons. The second-order valence-corrected chi connectivity index (χ2v) is 4.05. The summed E-state index contributed by atoms with van der Waals surface area (Å²) in [6.07, 6.45) is 1.45. The maximum atomic E-state index is 11.5. The van der Waals surface area contributed by atoms with Gasteiger partial charge in [-0.3, -0.25) is 4.79 Å². The number of hydrogen-bond acceptors (Lipinski definition) is 3. The molecule has 2 aromatic rings. The van der Waals surface area contributed by atoms with Crippen molar-refractivity contribution in [1.82, 2.24) is 4.98 Å². The average Bonchev–Trinajstić information content (AvgIpc) is 2.78. The summed E-state index contributed by atoms with van der Waals surface area (Å²) in [4.78, 5) is 15.7. The number of carbonyl (C=O) groups is 1. The van der Waals surface area contributed by atoms with Crippen LogP contribution in [0.4, 0.5) is 5.82 Å². The Morgan fingerprint density at radius 1 is 1.29 bits per heavy atom. The molecule has 1 heterocycles. The maximum Gasteiger partial charge on any atom is 0.228 e. The third kappa shape index (κ3) is 2.72. The summed E-state index contributed by atoms with van der Waals surface area (Å²) in [6, 6.07) is 9.55. The van der Waals surface area contributed by atoms with Crippen LogP contribution in [0.5, 0.6) is 0 Å². The fraction of sp³-hybridized carbons (Fsp3) is 0.231. The molecule has 1 amide bonds. The fourth-order valence-electron chi connectivity index (χ4n) is 1.32. The molecule has 0 saturated heterocycles. The van der Waals surface area contributed by atoms with Crippen LogP contribution in [0.2, 0.25) is 0 Å². The highest BCUT2D eigenvalue weighted by atomic mass is 16.3. The first-order valence-corrected chi connectivity index (χ1v) is 5.48. The van der Waals surface area contributed by atoms with E-state index < -0.39 is 0 Å². The molecule has 88 valence electrons. The Balaban J connectivity index is 2.14. The Morgan fingerprint density at radius 2 is 2.00 bits per heavy atom. The Labute approximate surface area is 99.7 Å². The summed E-state index contributed by atoms with van der Waals surface area (Å²) in [7, 11) is 0. The summed E-state index contributed by atoms with van der Waals surface area (Å²) < 4.78 is 5.31. The third-order valence-corrected chi connectivity index (χ3v) is 2.30. The van der Waals surface area contributed by atoms with Crippen LogP contribution in [0.3, 0.4) is 0 Å². The van der Waals surface area contributed by atoms with Crippen LogP contribution in [-0.4, -0.2) is 10.9 Å². The minimum atomic E-state index is -0.0770. The van der Waals surface area contributed by atoms with Crippen molar-refractivity contribution >= 4 is 11.7 Å². The van der Waals surface area contributed by atoms with Crippen molar-refractivity contribution < 1.29 is 9.21 Å². The van der Waals surface area contributed by atoms with E-state index in [2.05, 4.69) is 10.3 Å². The van der Waals surface area contributed by atoms with Gasteiger partial charge in [0.1, 0.15) is 6.26 Å². The summed E-state index contributed by atoms with van der Waals surface area (Å²) in [6.45, 7) is 3.65. The Hall–Kier alpha value is -2.10. The van der Waals surface area contributed by atoms with E-state index in [0.717, 1.165) is 5.56 Å². The first kappa shape index (κ1) is 11.4. The number of rotatable bonds is 3. The zero-order valence-corrected chi connectivity index (χ0v) is 9.81. The van der Waals surface area contributed by atoms with E-state index in [1.165, 1.54) is 6.26 Å². The lowest BCUT2D eigenvalue weighted by atomic mass is 10.2. The number of benzene rings is 1. The van der Waals surface area contributed by atoms with E-state index in [1.807, 2.05) is 44.2 Å². The predicted molar refractivity (Wildman–Crippen MR) is 65.4 cm³/mol. The highest BCUT2D eigenvalue weighted by molar-refractivity contribution is 5.91. The van der Waals surface area contributed by atoms with Gasteiger partial charge < -0.3 is 9.73 Å². The summed E-state index contributed by atoms with van der Waals surface area (Å²) in [5.74, 6) is 0.803. The smallest absolute Gasteiger partial charge is 0.228 e. The molecule has 2 rings (SSSR count). The molecule has 0 bridgehead atoms. The SMILES string of the molecule is CC(C)C(=O)Nc1coc(-c2ccccc2)n1. The van der Waals surface area contributed by atoms with Gasteiger partial charge in [0.05, 0.1) is 0 Å². The van der Waals surface area contributed by atoms with Gasteiger partial charge in [-0.25, -0.2) is 0 Å². The van der Waals surface area contributed by atoms with Crippen LogP contribution < -0.4 is 5.32 Å². The zero-order chi connectivity index (χ0) is 12.3. The van der Waals surface area contributed by atoms with Crippen molar-refractivity contribution in [1.29, 1.82) is 0 Å². The first-order chi connectivity index (χ1) is 8.16. The van der Waals surface area contributed by atoms with Crippen molar-refractivity contribution in [2.24, 2.45) is 5.92 Å². The van der Waals surface area contributed by atoms with Gasteiger partial charge >= 0.3 is 0 Å². The van der Waals surface area contributed by atoms with Crippen molar-refractivity contribution in [2.45, 2.75) is 13.8 Å². The molecule has 1 aromatic carbocycles. The topological polar surface area (TPSA) is 55.1 Å². The maximum absolute atomic E-state index is 11.5. The van der Waals surface area contributed by atoms with Crippen molar-refractivity contribution in [3.05, 3.63) is 36.6 Å². The second kappa shape index (κ2) is 4.82. The van der Waals surface area contributed by atoms with Gasteiger partial charge in [0.2, 0.25) is 11.8 Å². The average molecular weight is 230 g/mol. The van der Waals surface area contributed by atoms with E-state index in [0.29, 0.717) is 11.7 Å². The van der Waals surface area contributed by atoms with Gasteiger partial charge in [0.25, 0.3) is 0 Å². The molecule has 0 atom stereocenters. The molecule has 0 saturated carbocycles. The minimum Gasteiger partial charge on any atom is -0.442 e. The highest BCUT2D eigenvalue weighted by Crippen LogP contribution is 2.20. The van der Waals surface area contributed by atoms with Gasteiger partial charge in [0.15, 0.2) is 5.82 Å². The van der Waals surface area contributed by atoms with Gasteiger partial charge in [-0.15, -0.1) is 0 Å². The predicted octanol–water partition coefficient (Wildman–Crippen LogP) is 2.94. The van der Waals surface area contributed by atoms with Gasteiger partial charge in [0, 0.05) is 11.5 Å². The largest absolute Gasteiger partial charge is 0.442 e. The number of hydrogen-bond donors (Lipinski definition) is 1. The Bertz CT molecular complexity index is 503. The van der Waals surface area contributed by atoms with Crippen LogP contribution in [0.15, 0.2) is 41.0 Å². The third-order valence-electron chi connectivity index (χ3n) is 2.30. The van der Waals surface area contributed by atoms with Gasteiger partial charge in [-0.05, 0) is 12.1 Å².